The molecular formula is C12H25NO2. The molecule has 0 saturated carbocycles. The monoisotopic (exact) mass is 215 g/mol. The predicted molar refractivity (Wildman–Crippen MR) is 62.7 cm³/mol. The van der Waals surface area contributed by atoms with Gasteiger partial charge in [-0.15, -0.1) is 0 Å². The maximum absolute atomic E-state index is 11.0. The zero-order chi connectivity index (χ0) is 11.9. The first kappa shape index (κ1) is 14.4. The Morgan fingerprint density at radius 2 is 2.00 bits per heavy atom. The van der Waals surface area contributed by atoms with Crippen molar-refractivity contribution in [2.45, 2.75) is 41.0 Å². The molecule has 3 nitrogen and oxygen atoms in total. The van der Waals surface area contributed by atoms with E-state index in [1.165, 1.54) is 0 Å². The van der Waals surface area contributed by atoms with Gasteiger partial charge in [0.1, 0.15) is 0 Å². The van der Waals surface area contributed by atoms with Crippen LogP contribution in [0.1, 0.15) is 41.0 Å². The third-order valence-electron chi connectivity index (χ3n) is 2.03. The molecule has 90 valence electrons. The SMILES string of the molecule is CCOC(=O)CNCC(C)CC(C)(C)C. The molecular weight excluding hydrogens is 190 g/mol. The fourth-order valence-electron chi connectivity index (χ4n) is 1.75. The fourth-order valence-corrected chi connectivity index (χ4v) is 1.75. The van der Waals surface area contributed by atoms with Gasteiger partial charge < -0.3 is 10.1 Å². The van der Waals surface area contributed by atoms with Crippen LogP contribution in [-0.2, 0) is 9.53 Å². The molecule has 0 rings (SSSR count). The lowest BCUT2D eigenvalue weighted by molar-refractivity contribution is -0.142. The molecule has 1 atom stereocenters. The van der Waals surface area contributed by atoms with Crippen LogP contribution in [0.4, 0.5) is 0 Å². The topological polar surface area (TPSA) is 38.3 Å². The fraction of sp³-hybridized carbons (Fsp3) is 0.917. The molecule has 0 bridgehead atoms. The Morgan fingerprint density at radius 1 is 1.40 bits per heavy atom. The van der Waals surface area contributed by atoms with Crippen molar-refractivity contribution in [2.75, 3.05) is 19.7 Å². The normalized spacial score (nSPS) is 13.7. The molecule has 0 aromatic heterocycles. The predicted octanol–water partition coefficient (Wildman–Crippen LogP) is 2.21. The van der Waals surface area contributed by atoms with E-state index in [-0.39, 0.29) is 5.97 Å². The Morgan fingerprint density at radius 3 is 2.47 bits per heavy atom. The first-order chi connectivity index (χ1) is 6.85. The number of esters is 1. The molecule has 0 aromatic rings. The highest BCUT2D eigenvalue weighted by atomic mass is 16.5. The zero-order valence-corrected chi connectivity index (χ0v) is 10.7. The second-order valence-corrected chi connectivity index (χ2v) is 5.31. The highest BCUT2D eigenvalue weighted by molar-refractivity contribution is 5.71. The molecule has 0 saturated heterocycles. The van der Waals surface area contributed by atoms with Crippen LogP contribution in [0.25, 0.3) is 0 Å². The maximum atomic E-state index is 11.0. The second-order valence-electron chi connectivity index (χ2n) is 5.31. The van der Waals surface area contributed by atoms with E-state index < -0.39 is 0 Å². The van der Waals surface area contributed by atoms with Crippen molar-refractivity contribution >= 4 is 5.97 Å². The third-order valence-corrected chi connectivity index (χ3v) is 2.03. The summed E-state index contributed by atoms with van der Waals surface area (Å²) in [5.74, 6) is 0.417. The quantitative estimate of drug-likeness (QED) is 0.690. The van der Waals surface area contributed by atoms with Crippen molar-refractivity contribution < 1.29 is 9.53 Å². The first-order valence-electron chi connectivity index (χ1n) is 5.71. The van der Waals surface area contributed by atoms with E-state index in [2.05, 4.69) is 33.0 Å². The number of rotatable bonds is 6. The average molecular weight is 215 g/mol. The van der Waals surface area contributed by atoms with Crippen molar-refractivity contribution in [3.05, 3.63) is 0 Å². The van der Waals surface area contributed by atoms with Gasteiger partial charge in [0, 0.05) is 0 Å². The summed E-state index contributed by atoms with van der Waals surface area (Å²) < 4.78 is 4.82. The Bertz CT molecular complexity index is 185. The Hall–Kier alpha value is -0.570. The van der Waals surface area contributed by atoms with E-state index in [4.69, 9.17) is 4.74 Å². The smallest absolute Gasteiger partial charge is 0.319 e. The van der Waals surface area contributed by atoms with Crippen LogP contribution in [0.2, 0.25) is 0 Å². The molecule has 1 N–H and O–H groups in total. The lowest BCUT2D eigenvalue weighted by Crippen LogP contribution is -2.30. The largest absolute Gasteiger partial charge is 0.465 e. The van der Waals surface area contributed by atoms with Crippen molar-refractivity contribution in [3.8, 4) is 0 Å². The first-order valence-corrected chi connectivity index (χ1v) is 5.71. The molecule has 0 aliphatic heterocycles. The van der Waals surface area contributed by atoms with Gasteiger partial charge in [-0.25, -0.2) is 0 Å². The van der Waals surface area contributed by atoms with Crippen LogP contribution < -0.4 is 5.32 Å². The van der Waals surface area contributed by atoms with Gasteiger partial charge in [-0.1, -0.05) is 27.7 Å². The van der Waals surface area contributed by atoms with E-state index in [1.54, 1.807) is 0 Å². The van der Waals surface area contributed by atoms with Crippen LogP contribution in [0.15, 0.2) is 0 Å². The Kier molecular flexibility index (Phi) is 6.57. The molecule has 0 aliphatic carbocycles. The summed E-state index contributed by atoms with van der Waals surface area (Å²) >= 11 is 0. The summed E-state index contributed by atoms with van der Waals surface area (Å²) in [6.45, 7) is 12.4. The highest BCUT2D eigenvalue weighted by Gasteiger charge is 2.15. The van der Waals surface area contributed by atoms with E-state index in [0.29, 0.717) is 24.5 Å². The number of carbonyl (C=O) groups is 1. The number of nitrogens with one attached hydrogen (secondary N) is 1. The zero-order valence-electron chi connectivity index (χ0n) is 10.7. The lowest BCUT2D eigenvalue weighted by atomic mass is 9.85. The summed E-state index contributed by atoms with van der Waals surface area (Å²) in [4.78, 5) is 11.0. The molecule has 0 aliphatic rings. The molecule has 0 aromatic carbocycles. The lowest BCUT2D eigenvalue weighted by Gasteiger charge is -2.23. The van der Waals surface area contributed by atoms with Crippen molar-refractivity contribution in [2.24, 2.45) is 11.3 Å². The van der Waals surface area contributed by atoms with Crippen LogP contribution in [-0.4, -0.2) is 25.7 Å². The average Bonchev–Trinajstić information content (AvgIpc) is 2.00. The molecule has 0 spiro atoms. The summed E-state index contributed by atoms with van der Waals surface area (Å²) in [6.07, 6.45) is 1.16. The molecule has 15 heavy (non-hydrogen) atoms. The van der Waals surface area contributed by atoms with Gasteiger partial charge in [-0.05, 0) is 31.2 Å². The van der Waals surface area contributed by atoms with E-state index in [1.807, 2.05) is 6.92 Å². The van der Waals surface area contributed by atoms with E-state index >= 15 is 0 Å². The molecule has 1 unspecified atom stereocenters. The summed E-state index contributed by atoms with van der Waals surface area (Å²) in [6, 6.07) is 0. The minimum Gasteiger partial charge on any atom is -0.465 e. The summed E-state index contributed by atoms with van der Waals surface area (Å²) in [5, 5.41) is 3.12. The van der Waals surface area contributed by atoms with E-state index in [0.717, 1.165) is 13.0 Å². The van der Waals surface area contributed by atoms with Gasteiger partial charge in [-0.2, -0.15) is 0 Å². The number of hydrogen-bond acceptors (Lipinski definition) is 3. The summed E-state index contributed by atoms with van der Waals surface area (Å²) in [7, 11) is 0. The number of ether oxygens (including phenoxy) is 1. The molecule has 0 fully saturated rings. The molecule has 3 heteroatoms. The van der Waals surface area contributed by atoms with Gasteiger partial charge in [-0.3, -0.25) is 4.79 Å². The maximum Gasteiger partial charge on any atom is 0.319 e. The highest BCUT2D eigenvalue weighted by Crippen LogP contribution is 2.23. The van der Waals surface area contributed by atoms with Crippen molar-refractivity contribution in [1.29, 1.82) is 0 Å². The minimum atomic E-state index is -0.166. The van der Waals surface area contributed by atoms with Crippen LogP contribution >= 0.6 is 0 Å². The van der Waals surface area contributed by atoms with Gasteiger partial charge in [0.05, 0.1) is 13.2 Å². The van der Waals surface area contributed by atoms with E-state index in [9.17, 15) is 4.79 Å². The molecule has 0 amide bonds. The Balaban J connectivity index is 3.55. The third kappa shape index (κ3) is 9.73. The van der Waals surface area contributed by atoms with Crippen LogP contribution in [0.5, 0.6) is 0 Å². The number of carbonyl (C=O) groups excluding carboxylic acids is 1. The minimum absolute atomic E-state index is 0.166. The van der Waals surface area contributed by atoms with Gasteiger partial charge in [0.25, 0.3) is 0 Å². The molecule has 0 heterocycles. The standard InChI is InChI=1S/C12H25NO2/c1-6-15-11(14)9-13-8-10(2)7-12(3,4)5/h10,13H,6-9H2,1-5H3. The Labute approximate surface area is 93.6 Å². The summed E-state index contributed by atoms with van der Waals surface area (Å²) in [5.41, 5.74) is 0.352. The van der Waals surface area contributed by atoms with Crippen LogP contribution in [0.3, 0.4) is 0 Å². The van der Waals surface area contributed by atoms with Gasteiger partial charge in [0.2, 0.25) is 0 Å². The van der Waals surface area contributed by atoms with Gasteiger partial charge >= 0.3 is 5.97 Å². The van der Waals surface area contributed by atoms with Gasteiger partial charge in [0.15, 0.2) is 0 Å². The number of hydrogen-bond donors (Lipinski definition) is 1. The van der Waals surface area contributed by atoms with Crippen LogP contribution in [0, 0.1) is 11.3 Å². The molecule has 0 radical (unpaired) electrons. The van der Waals surface area contributed by atoms with Crippen molar-refractivity contribution in [1.82, 2.24) is 5.32 Å². The second kappa shape index (κ2) is 6.83. The van der Waals surface area contributed by atoms with Crippen molar-refractivity contribution in [3.63, 3.8) is 0 Å².